The fourth-order valence-corrected chi connectivity index (χ4v) is 1.97. The topological polar surface area (TPSA) is 66.3 Å². The highest BCUT2D eigenvalue weighted by Gasteiger charge is 2.07. The van der Waals surface area contributed by atoms with E-state index >= 15 is 0 Å². The van der Waals surface area contributed by atoms with Crippen molar-refractivity contribution in [2.45, 2.75) is 6.42 Å². The second kappa shape index (κ2) is 7.19. The van der Waals surface area contributed by atoms with Gasteiger partial charge in [0.05, 0.1) is 0 Å². The van der Waals surface area contributed by atoms with Gasteiger partial charge in [-0.1, -0.05) is 0 Å². The molecule has 2 aromatic rings. The first-order chi connectivity index (χ1) is 10.2. The Bertz CT molecular complexity index is 626. The number of carbonyl (C=O) groups is 1. The Morgan fingerprint density at radius 3 is 2.76 bits per heavy atom. The molecule has 2 heterocycles. The van der Waals surface area contributed by atoms with Crippen molar-refractivity contribution in [3.05, 3.63) is 60.1 Å². The van der Waals surface area contributed by atoms with Gasteiger partial charge < -0.3 is 10.0 Å². The number of carboxylic acid groups (broad SMARTS) is 1. The van der Waals surface area contributed by atoms with Crippen LogP contribution in [0.4, 0.5) is 5.82 Å². The highest BCUT2D eigenvalue weighted by atomic mass is 16.4. The Morgan fingerprint density at radius 1 is 1.29 bits per heavy atom. The molecule has 0 saturated carbocycles. The van der Waals surface area contributed by atoms with Crippen molar-refractivity contribution in [3.63, 3.8) is 0 Å². The van der Waals surface area contributed by atoms with Crippen molar-refractivity contribution in [1.29, 1.82) is 0 Å². The summed E-state index contributed by atoms with van der Waals surface area (Å²) >= 11 is 0. The normalized spacial score (nSPS) is 10.7. The predicted octanol–water partition coefficient (Wildman–Crippen LogP) is 2.25. The van der Waals surface area contributed by atoms with Crippen LogP contribution >= 0.6 is 0 Å². The Morgan fingerprint density at radius 2 is 2.05 bits per heavy atom. The van der Waals surface area contributed by atoms with Gasteiger partial charge in [-0.05, 0) is 42.3 Å². The summed E-state index contributed by atoms with van der Waals surface area (Å²) in [5.41, 5.74) is 1.99. The molecule has 0 spiro atoms. The van der Waals surface area contributed by atoms with Crippen molar-refractivity contribution in [2.24, 2.45) is 0 Å². The standard InChI is InChI=1S/C16H17N3O2/c1-19(12-8-13-6-10-17-11-7-13)16-14(3-2-9-18-16)4-5-15(20)21/h2-7,9-11H,8,12H2,1H3,(H,20,21)/b5-4+. The van der Waals surface area contributed by atoms with Crippen molar-refractivity contribution in [1.82, 2.24) is 9.97 Å². The second-order valence-corrected chi connectivity index (χ2v) is 4.61. The molecule has 0 aliphatic rings. The van der Waals surface area contributed by atoms with Crippen LogP contribution in [0.3, 0.4) is 0 Å². The smallest absolute Gasteiger partial charge is 0.328 e. The van der Waals surface area contributed by atoms with Crippen molar-refractivity contribution in [3.8, 4) is 0 Å². The molecule has 0 fully saturated rings. The van der Waals surface area contributed by atoms with E-state index in [2.05, 4.69) is 9.97 Å². The fourth-order valence-electron chi connectivity index (χ4n) is 1.97. The van der Waals surface area contributed by atoms with Gasteiger partial charge in [0.15, 0.2) is 0 Å². The van der Waals surface area contributed by atoms with E-state index in [1.54, 1.807) is 30.7 Å². The SMILES string of the molecule is CN(CCc1ccncc1)c1ncccc1/C=C/C(=O)O. The Hall–Kier alpha value is -2.69. The Labute approximate surface area is 123 Å². The molecule has 0 atom stereocenters. The van der Waals surface area contributed by atoms with Crippen LogP contribution in [-0.4, -0.2) is 34.6 Å². The van der Waals surface area contributed by atoms with E-state index in [1.807, 2.05) is 30.1 Å². The number of aliphatic carboxylic acids is 1. The van der Waals surface area contributed by atoms with E-state index in [0.29, 0.717) is 0 Å². The van der Waals surface area contributed by atoms with Gasteiger partial charge >= 0.3 is 5.97 Å². The van der Waals surface area contributed by atoms with Crippen LogP contribution in [-0.2, 0) is 11.2 Å². The van der Waals surface area contributed by atoms with Crippen LogP contribution in [0.2, 0.25) is 0 Å². The zero-order valence-corrected chi connectivity index (χ0v) is 11.8. The summed E-state index contributed by atoms with van der Waals surface area (Å²) in [6.45, 7) is 0.787. The molecule has 2 aromatic heterocycles. The van der Waals surface area contributed by atoms with E-state index in [4.69, 9.17) is 5.11 Å². The summed E-state index contributed by atoms with van der Waals surface area (Å²) in [6.07, 6.45) is 8.81. The summed E-state index contributed by atoms with van der Waals surface area (Å²) in [7, 11) is 1.95. The molecular formula is C16H17N3O2. The number of anilines is 1. The van der Waals surface area contributed by atoms with Crippen molar-refractivity contribution < 1.29 is 9.90 Å². The van der Waals surface area contributed by atoms with Crippen LogP contribution in [0.15, 0.2) is 48.9 Å². The average Bonchev–Trinajstić information content (AvgIpc) is 2.52. The highest BCUT2D eigenvalue weighted by molar-refractivity contribution is 5.86. The van der Waals surface area contributed by atoms with Crippen LogP contribution in [0.5, 0.6) is 0 Å². The van der Waals surface area contributed by atoms with E-state index in [9.17, 15) is 4.79 Å². The number of rotatable bonds is 6. The molecule has 0 radical (unpaired) electrons. The van der Waals surface area contributed by atoms with Gasteiger partial charge in [0.25, 0.3) is 0 Å². The molecular weight excluding hydrogens is 266 g/mol. The maximum Gasteiger partial charge on any atom is 0.328 e. The molecule has 1 N–H and O–H groups in total. The Balaban J connectivity index is 2.08. The highest BCUT2D eigenvalue weighted by Crippen LogP contribution is 2.17. The minimum Gasteiger partial charge on any atom is -0.478 e. The first-order valence-corrected chi connectivity index (χ1v) is 6.63. The van der Waals surface area contributed by atoms with Crippen molar-refractivity contribution in [2.75, 3.05) is 18.5 Å². The number of likely N-dealkylation sites (N-methyl/N-ethyl adjacent to an activating group) is 1. The molecule has 5 nitrogen and oxygen atoms in total. The van der Waals surface area contributed by atoms with Gasteiger partial charge in [-0.25, -0.2) is 9.78 Å². The van der Waals surface area contributed by atoms with E-state index in [-0.39, 0.29) is 0 Å². The first-order valence-electron chi connectivity index (χ1n) is 6.63. The van der Waals surface area contributed by atoms with Gasteiger partial charge in [-0.3, -0.25) is 4.98 Å². The van der Waals surface area contributed by atoms with Crippen LogP contribution in [0.25, 0.3) is 6.08 Å². The summed E-state index contributed by atoms with van der Waals surface area (Å²) in [5, 5.41) is 8.73. The summed E-state index contributed by atoms with van der Waals surface area (Å²) in [5.74, 6) is -0.201. The molecule has 0 aliphatic carbocycles. The van der Waals surface area contributed by atoms with Gasteiger partial charge in [0, 0.05) is 43.8 Å². The summed E-state index contributed by atoms with van der Waals surface area (Å²) in [6, 6.07) is 7.61. The third-order valence-electron chi connectivity index (χ3n) is 3.07. The first kappa shape index (κ1) is 14.7. The molecule has 0 saturated heterocycles. The van der Waals surface area contributed by atoms with Crippen LogP contribution in [0, 0.1) is 0 Å². The monoisotopic (exact) mass is 283 g/mol. The maximum absolute atomic E-state index is 10.6. The number of hydrogen-bond acceptors (Lipinski definition) is 4. The number of hydrogen-bond donors (Lipinski definition) is 1. The van der Waals surface area contributed by atoms with Gasteiger partial charge in [0.1, 0.15) is 5.82 Å². The third kappa shape index (κ3) is 4.42. The van der Waals surface area contributed by atoms with E-state index in [1.165, 1.54) is 5.56 Å². The summed E-state index contributed by atoms with van der Waals surface area (Å²) in [4.78, 5) is 21.0. The number of nitrogens with zero attached hydrogens (tertiary/aromatic N) is 3. The zero-order valence-electron chi connectivity index (χ0n) is 11.8. The van der Waals surface area contributed by atoms with Gasteiger partial charge in [-0.2, -0.15) is 0 Å². The van der Waals surface area contributed by atoms with Gasteiger partial charge in [0.2, 0.25) is 0 Å². The third-order valence-corrected chi connectivity index (χ3v) is 3.07. The molecule has 0 bridgehead atoms. The fraction of sp³-hybridized carbons (Fsp3) is 0.188. The Kier molecular flexibility index (Phi) is 5.04. The lowest BCUT2D eigenvalue weighted by molar-refractivity contribution is -0.131. The number of pyridine rings is 2. The average molecular weight is 283 g/mol. The molecule has 2 rings (SSSR count). The second-order valence-electron chi connectivity index (χ2n) is 4.61. The number of carboxylic acids is 1. The molecule has 0 aliphatic heterocycles. The van der Waals surface area contributed by atoms with E-state index in [0.717, 1.165) is 30.4 Å². The lowest BCUT2D eigenvalue weighted by Gasteiger charge is -2.20. The number of aromatic nitrogens is 2. The molecule has 0 unspecified atom stereocenters. The minimum atomic E-state index is -0.968. The molecule has 108 valence electrons. The maximum atomic E-state index is 10.6. The molecule has 21 heavy (non-hydrogen) atoms. The molecule has 0 aromatic carbocycles. The lowest BCUT2D eigenvalue weighted by atomic mass is 10.2. The van der Waals surface area contributed by atoms with Crippen LogP contribution in [0.1, 0.15) is 11.1 Å². The molecule has 0 amide bonds. The summed E-state index contributed by atoms with van der Waals surface area (Å²) < 4.78 is 0. The largest absolute Gasteiger partial charge is 0.478 e. The minimum absolute atomic E-state index is 0.768. The quantitative estimate of drug-likeness (QED) is 0.824. The van der Waals surface area contributed by atoms with Gasteiger partial charge in [-0.15, -0.1) is 0 Å². The zero-order chi connectivity index (χ0) is 15.1. The van der Waals surface area contributed by atoms with Crippen molar-refractivity contribution >= 4 is 17.9 Å². The molecule has 5 heteroatoms. The lowest BCUT2D eigenvalue weighted by Crippen LogP contribution is -2.22. The predicted molar refractivity (Wildman–Crippen MR) is 82.1 cm³/mol. The van der Waals surface area contributed by atoms with E-state index < -0.39 is 5.97 Å². The van der Waals surface area contributed by atoms with Crippen LogP contribution < -0.4 is 4.90 Å².